The van der Waals surface area contributed by atoms with Gasteiger partial charge in [0.25, 0.3) is 0 Å². The van der Waals surface area contributed by atoms with Crippen LogP contribution in [0.15, 0.2) is 97.2 Å². The van der Waals surface area contributed by atoms with Gasteiger partial charge in [-0.25, -0.2) is 4.57 Å². The van der Waals surface area contributed by atoms with Gasteiger partial charge >= 0.3 is 13.8 Å². The molecule has 356 valence electrons. The SMILES string of the molecule is CC/C=C\C/C=C\C/C=C\C/C=C\C/C=C\C/C=C\CCCCCCCOCC(COP(=O)(O)OCC(O)CO)OC(=O)CCCCCCCCC/C=C\C/C=C\CCCCC. The maximum absolute atomic E-state index is 12.7. The van der Waals surface area contributed by atoms with Crippen LogP contribution in [0.1, 0.15) is 181 Å². The van der Waals surface area contributed by atoms with Crippen LogP contribution in [0.5, 0.6) is 0 Å². The summed E-state index contributed by atoms with van der Waals surface area (Å²) in [5, 5.41) is 18.4. The van der Waals surface area contributed by atoms with Crippen molar-refractivity contribution in [1.29, 1.82) is 0 Å². The average molecular weight is 889 g/mol. The van der Waals surface area contributed by atoms with Crippen molar-refractivity contribution in [3.8, 4) is 0 Å². The van der Waals surface area contributed by atoms with E-state index in [4.69, 9.17) is 23.6 Å². The molecule has 0 aliphatic heterocycles. The first-order chi connectivity index (χ1) is 30.3. The molecule has 62 heavy (non-hydrogen) atoms. The number of esters is 1. The Hall–Kier alpha value is -2.62. The molecule has 9 nitrogen and oxygen atoms in total. The van der Waals surface area contributed by atoms with Gasteiger partial charge in [0.15, 0.2) is 0 Å². The molecule has 0 amide bonds. The van der Waals surface area contributed by atoms with E-state index in [0.717, 1.165) is 109 Å². The highest BCUT2D eigenvalue weighted by atomic mass is 31.2. The van der Waals surface area contributed by atoms with Gasteiger partial charge in [-0.15, -0.1) is 0 Å². The van der Waals surface area contributed by atoms with Crippen molar-refractivity contribution in [2.75, 3.05) is 33.0 Å². The maximum Gasteiger partial charge on any atom is 0.472 e. The number of rotatable bonds is 45. The van der Waals surface area contributed by atoms with Crippen LogP contribution in [0.3, 0.4) is 0 Å². The fourth-order valence-electron chi connectivity index (χ4n) is 6.09. The van der Waals surface area contributed by atoms with Crippen LogP contribution in [0, 0.1) is 0 Å². The van der Waals surface area contributed by atoms with Gasteiger partial charge in [-0.05, 0) is 96.3 Å². The quantitative estimate of drug-likeness (QED) is 0.0237. The van der Waals surface area contributed by atoms with Crippen LogP contribution in [-0.4, -0.2) is 66.3 Å². The third-order valence-corrected chi connectivity index (χ3v) is 10.7. The predicted molar refractivity (Wildman–Crippen MR) is 260 cm³/mol. The molecule has 0 rings (SSSR count). The molecule has 0 saturated carbocycles. The number of phosphoric acid groups is 1. The number of hydrogen-bond acceptors (Lipinski definition) is 8. The van der Waals surface area contributed by atoms with Crippen LogP contribution in [0.2, 0.25) is 0 Å². The number of carbonyl (C=O) groups excluding carboxylic acids is 1. The number of hydrogen-bond donors (Lipinski definition) is 3. The monoisotopic (exact) mass is 889 g/mol. The topological polar surface area (TPSA) is 132 Å². The van der Waals surface area contributed by atoms with Crippen molar-refractivity contribution in [3.05, 3.63) is 97.2 Å². The van der Waals surface area contributed by atoms with Crippen LogP contribution in [0.4, 0.5) is 0 Å². The van der Waals surface area contributed by atoms with Gasteiger partial charge in [0.2, 0.25) is 0 Å². The molecule has 0 saturated heterocycles. The van der Waals surface area contributed by atoms with Gasteiger partial charge in [-0.3, -0.25) is 13.8 Å². The van der Waals surface area contributed by atoms with Crippen molar-refractivity contribution in [3.63, 3.8) is 0 Å². The van der Waals surface area contributed by atoms with E-state index in [2.05, 4.69) is 111 Å². The zero-order chi connectivity index (χ0) is 45.3. The molecular weight excluding hydrogens is 800 g/mol. The lowest BCUT2D eigenvalue weighted by Crippen LogP contribution is -2.29. The standard InChI is InChI=1S/C52H89O9P/c1-3-5-7-9-11-13-15-17-19-21-22-23-24-25-26-27-29-31-33-35-37-39-41-43-45-58-48-51(49-60-62(56,57)59-47-50(54)46-53)61-52(55)44-42-40-38-36-34-32-30-28-20-18-16-14-12-10-8-6-4-2/h5,7,11-14,17-20,22-23,25-26,29,31,50-51,53-54H,3-4,6,8-10,15-16,21,24,27-28,30,32-49H2,1-2H3,(H,56,57)/b7-5-,13-11-,14-12-,19-17-,20-18-,23-22-,26-25-,31-29-. The fourth-order valence-corrected chi connectivity index (χ4v) is 6.88. The summed E-state index contributed by atoms with van der Waals surface area (Å²) in [6, 6.07) is 0. The van der Waals surface area contributed by atoms with Crippen LogP contribution < -0.4 is 0 Å². The summed E-state index contributed by atoms with van der Waals surface area (Å²) in [6.45, 7) is 3.30. The molecule has 0 bridgehead atoms. The molecule has 3 unspecified atom stereocenters. The van der Waals surface area contributed by atoms with E-state index in [9.17, 15) is 19.4 Å². The number of carbonyl (C=O) groups is 1. The molecule has 0 heterocycles. The van der Waals surface area contributed by atoms with Crippen LogP contribution in [-0.2, 0) is 27.9 Å². The second kappa shape index (κ2) is 47.8. The van der Waals surface area contributed by atoms with Crippen molar-refractivity contribution < 1.29 is 43.0 Å². The Balaban J connectivity index is 4.20. The number of ether oxygens (including phenoxy) is 2. The van der Waals surface area contributed by atoms with E-state index in [1.807, 2.05) is 0 Å². The Morgan fingerprint density at radius 1 is 0.516 bits per heavy atom. The predicted octanol–water partition coefficient (Wildman–Crippen LogP) is 14.0. The smallest absolute Gasteiger partial charge is 0.457 e. The zero-order valence-electron chi connectivity index (χ0n) is 39.1. The van der Waals surface area contributed by atoms with Gasteiger partial charge in [0.1, 0.15) is 12.2 Å². The average Bonchev–Trinajstić information content (AvgIpc) is 3.26. The number of aliphatic hydroxyl groups excluding tert-OH is 2. The first-order valence-electron chi connectivity index (χ1n) is 24.2. The zero-order valence-corrected chi connectivity index (χ0v) is 39.9. The van der Waals surface area contributed by atoms with Gasteiger partial charge in [-0.2, -0.15) is 0 Å². The van der Waals surface area contributed by atoms with E-state index in [-0.39, 0.29) is 13.0 Å². The van der Waals surface area contributed by atoms with Gasteiger partial charge in [0.05, 0.1) is 26.4 Å². The first kappa shape index (κ1) is 59.4. The summed E-state index contributed by atoms with van der Waals surface area (Å²) in [7, 11) is -4.54. The van der Waals surface area contributed by atoms with Gasteiger partial charge in [-0.1, -0.05) is 175 Å². The number of allylic oxidation sites excluding steroid dienone is 16. The summed E-state index contributed by atoms with van der Waals surface area (Å²) < 4.78 is 33.4. The summed E-state index contributed by atoms with van der Waals surface area (Å²) in [5.41, 5.74) is 0. The lowest BCUT2D eigenvalue weighted by molar-refractivity contribution is -0.154. The Labute approximate surface area is 378 Å². The summed E-state index contributed by atoms with van der Waals surface area (Å²) in [4.78, 5) is 22.7. The van der Waals surface area contributed by atoms with Crippen molar-refractivity contribution in [2.45, 2.75) is 193 Å². The third kappa shape index (κ3) is 46.9. The molecule has 0 aromatic rings. The molecule has 0 aliphatic rings. The molecule has 3 atom stereocenters. The molecule has 0 aromatic carbocycles. The van der Waals surface area contributed by atoms with Crippen molar-refractivity contribution in [2.24, 2.45) is 0 Å². The third-order valence-electron chi connectivity index (χ3n) is 9.75. The highest BCUT2D eigenvalue weighted by Crippen LogP contribution is 2.43. The second-order valence-corrected chi connectivity index (χ2v) is 17.2. The van der Waals surface area contributed by atoms with E-state index in [1.165, 1.54) is 44.9 Å². The minimum absolute atomic E-state index is 0.0264. The Kier molecular flexibility index (Phi) is 45.8. The normalized spacial score (nSPS) is 14.7. The summed E-state index contributed by atoms with van der Waals surface area (Å²) in [6.07, 6.45) is 60.8. The van der Waals surface area contributed by atoms with E-state index < -0.39 is 45.8 Å². The molecular formula is C52H89O9P. The maximum atomic E-state index is 12.7. The van der Waals surface area contributed by atoms with E-state index in [0.29, 0.717) is 13.0 Å². The molecule has 0 aromatic heterocycles. The van der Waals surface area contributed by atoms with Crippen LogP contribution >= 0.6 is 7.82 Å². The number of aliphatic hydroxyl groups is 2. The van der Waals surface area contributed by atoms with Crippen molar-refractivity contribution in [1.82, 2.24) is 0 Å². The Morgan fingerprint density at radius 2 is 0.919 bits per heavy atom. The Morgan fingerprint density at radius 3 is 1.39 bits per heavy atom. The second-order valence-electron chi connectivity index (χ2n) is 15.7. The highest BCUT2D eigenvalue weighted by molar-refractivity contribution is 7.47. The fraction of sp³-hybridized carbons (Fsp3) is 0.673. The molecule has 0 radical (unpaired) electrons. The molecule has 10 heteroatoms. The number of unbranched alkanes of at least 4 members (excludes halogenated alkanes) is 15. The van der Waals surface area contributed by atoms with Gasteiger partial charge < -0.3 is 24.6 Å². The van der Waals surface area contributed by atoms with E-state index in [1.54, 1.807) is 0 Å². The minimum atomic E-state index is -4.54. The van der Waals surface area contributed by atoms with E-state index >= 15 is 0 Å². The Bertz CT molecular complexity index is 1280. The number of phosphoric ester groups is 1. The molecule has 0 spiro atoms. The highest BCUT2D eigenvalue weighted by Gasteiger charge is 2.26. The largest absolute Gasteiger partial charge is 0.472 e. The summed E-state index contributed by atoms with van der Waals surface area (Å²) >= 11 is 0. The van der Waals surface area contributed by atoms with Crippen LogP contribution in [0.25, 0.3) is 0 Å². The lowest BCUT2D eigenvalue weighted by Gasteiger charge is -2.20. The summed E-state index contributed by atoms with van der Waals surface area (Å²) in [5.74, 6) is -0.402. The van der Waals surface area contributed by atoms with Crippen molar-refractivity contribution >= 4 is 13.8 Å². The first-order valence-corrected chi connectivity index (χ1v) is 25.7. The minimum Gasteiger partial charge on any atom is -0.457 e. The van der Waals surface area contributed by atoms with Gasteiger partial charge in [0, 0.05) is 13.0 Å². The molecule has 0 aliphatic carbocycles. The lowest BCUT2D eigenvalue weighted by atomic mass is 10.1. The molecule has 0 fully saturated rings. The molecule has 3 N–H and O–H groups in total.